The normalized spacial score (nSPS) is 15.9. The third-order valence-corrected chi connectivity index (χ3v) is 4.01. The van der Waals surface area contributed by atoms with Crippen LogP contribution in [0.15, 0.2) is 42.0 Å². The molecule has 0 fully saturated rings. The van der Waals surface area contributed by atoms with Gasteiger partial charge in [0.2, 0.25) is 0 Å². The maximum Gasteiger partial charge on any atom is 0.0698 e. The Morgan fingerprint density at radius 2 is 2.19 bits per heavy atom. The summed E-state index contributed by atoms with van der Waals surface area (Å²) in [7, 11) is 0. The predicted molar refractivity (Wildman–Crippen MR) is 89.3 cm³/mol. The van der Waals surface area contributed by atoms with E-state index in [-0.39, 0.29) is 0 Å². The molecule has 1 heterocycles. The molecule has 0 aliphatic heterocycles. The number of unbranched alkanes of at least 4 members (excludes halogenated alkanes) is 1. The van der Waals surface area contributed by atoms with Crippen LogP contribution in [0.1, 0.15) is 49.9 Å². The summed E-state index contributed by atoms with van der Waals surface area (Å²) in [6.45, 7) is 5.79. The average Bonchev–Trinajstić information content (AvgIpc) is 2.69. The monoisotopic (exact) mass is 285 g/mol. The highest BCUT2D eigenvalue weighted by molar-refractivity contribution is 5.32. The second-order valence-corrected chi connectivity index (χ2v) is 5.68. The first-order valence-corrected chi connectivity index (χ1v) is 8.03. The molecule has 114 valence electrons. The minimum Gasteiger partial charge on any atom is -0.329 e. The van der Waals surface area contributed by atoms with Crippen molar-refractivity contribution >= 4 is 0 Å². The third kappa shape index (κ3) is 4.18. The van der Waals surface area contributed by atoms with Gasteiger partial charge in [0.25, 0.3) is 0 Å². The van der Waals surface area contributed by atoms with E-state index in [2.05, 4.69) is 50.3 Å². The summed E-state index contributed by atoms with van der Waals surface area (Å²) in [4.78, 5) is 0. The van der Waals surface area contributed by atoms with Crippen molar-refractivity contribution in [1.82, 2.24) is 9.78 Å². The van der Waals surface area contributed by atoms with Gasteiger partial charge >= 0.3 is 0 Å². The Labute approximate surface area is 128 Å². The van der Waals surface area contributed by atoms with Gasteiger partial charge in [0.05, 0.1) is 12.2 Å². The SMILES string of the molecule is CCCCC(C1=CC=CC=CC1)c1cc(C)n(CCN)n1. The molecular weight excluding hydrogens is 258 g/mol. The van der Waals surface area contributed by atoms with Crippen LogP contribution in [0.5, 0.6) is 0 Å². The number of rotatable bonds is 7. The van der Waals surface area contributed by atoms with Crippen LogP contribution in [0.25, 0.3) is 0 Å². The molecular formula is C18H27N3. The van der Waals surface area contributed by atoms with Crippen molar-refractivity contribution in [3.63, 3.8) is 0 Å². The molecule has 1 unspecified atom stereocenters. The fourth-order valence-electron chi connectivity index (χ4n) is 2.84. The quantitative estimate of drug-likeness (QED) is 0.826. The van der Waals surface area contributed by atoms with Gasteiger partial charge in [-0.1, -0.05) is 55.7 Å². The van der Waals surface area contributed by atoms with Crippen LogP contribution >= 0.6 is 0 Å². The molecule has 0 amide bonds. The Bertz CT molecular complexity index is 535. The molecule has 1 aromatic rings. The first kappa shape index (κ1) is 15.8. The lowest BCUT2D eigenvalue weighted by Crippen LogP contribution is -2.13. The minimum atomic E-state index is 0.426. The molecule has 2 rings (SSSR count). The number of hydrogen-bond acceptors (Lipinski definition) is 2. The fourth-order valence-corrected chi connectivity index (χ4v) is 2.84. The Balaban J connectivity index is 2.26. The number of nitrogens with zero attached hydrogens (tertiary/aromatic N) is 2. The molecule has 3 heteroatoms. The second kappa shape index (κ2) is 7.99. The number of aromatic nitrogens is 2. The minimum absolute atomic E-state index is 0.426. The lowest BCUT2D eigenvalue weighted by Gasteiger charge is -2.17. The van der Waals surface area contributed by atoms with Gasteiger partial charge in [-0.15, -0.1) is 0 Å². The third-order valence-electron chi connectivity index (χ3n) is 4.01. The van der Waals surface area contributed by atoms with Crippen molar-refractivity contribution in [2.45, 2.75) is 52.0 Å². The second-order valence-electron chi connectivity index (χ2n) is 5.68. The van der Waals surface area contributed by atoms with Crippen LogP contribution in [0, 0.1) is 6.92 Å². The summed E-state index contributed by atoms with van der Waals surface area (Å²) in [6, 6.07) is 2.23. The molecule has 1 atom stereocenters. The van der Waals surface area contributed by atoms with Crippen LogP contribution in [0.4, 0.5) is 0 Å². The molecule has 1 aromatic heterocycles. The molecule has 0 aromatic carbocycles. The standard InChI is InChI=1S/C18H27N3/c1-3-4-11-17(16-9-7-5-6-8-10-16)18-14-15(2)21(20-18)13-12-19/h5-9,14,17H,3-4,10-13,19H2,1-2H3. The molecule has 0 bridgehead atoms. The van der Waals surface area contributed by atoms with Crippen molar-refractivity contribution in [2.75, 3.05) is 6.54 Å². The Morgan fingerprint density at radius 1 is 1.33 bits per heavy atom. The van der Waals surface area contributed by atoms with Gasteiger partial charge < -0.3 is 5.73 Å². The summed E-state index contributed by atoms with van der Waals surface area (Å²) in [5.74, 6) is 0.426. The van der Waals surface area contributed by atoms with E-state index < -0.39 is 0 Å². The van der Waals surface area contributed by atoms with Crippen molar-refractivity contribution in [3.8, 4) is 0 Å². The van der Waals surface area contributed by atoms with E-state index in [1.54, 1.807) is 0 Å². The van der Waals surface area contributed by atoms with Gasteiger partial charge in [0.15, 0.2) is 0 Å². The zero-order valence-electron chi connectivity index (χ0n) is 13.3. The maximum absolute atomic E-state index is 5.67. The lowest BCUT2D eigenvalue weighted by molar-refractivity contribution is 0.571. The summed E-state index contributed by atoms with van der Waals surface area (Å²) < 4.78 is 2.04. The molecule has 1 aliphatic carbocycles. The van der Waals surface area contributed by atoms with Crippen molar-refractivity contribution in [1.29, 1.82) is 0 Å². The molecule has 0 saturated carbocycles. The van der Waals surface area contributed by atoms with Crippen LogP contribution < -0.4 is 5.73 Å². The molecule has 0 radical (unpaired) electrons. The van der Waals surface area contributed by atoms with Crippen molar-refractivity contribution < 1.29 is 0 Å². The van der Waals surface area contributed by atoms with E-state index in [0.717, 1.165) is 13.0 Å². The number of aryl methyl sites for hydroxylation is 1. The Kier molecular flexibility index (Phi) is 6.00. The molecule has 0 spiro atoms. The molecule has 21 heavy (non-hydrogen) atoms. The van der Waals surface area contributed by atoms with Gasteiger partial charge in [-0.25, -0.2) is 0 Å². The number of allylic oxidation sites excluding steroid dienone is 6. The van der Waals surface area contributed by atoms with E-state index in [1.807, 2.05) is 4.68 Å². The molecule has 2 N–H and O–H groups in total. The van der Waals surface area contributed by atoms with Crippen LogP contribution in [0.3, 0.4) is 0 Å². The van der Waals surface area contributed by atoms with Crippen LogP contribution in [0.2, 0.25) is 0 Å². The smallest absolute Gasteiger partial charge is 0.0698 e. The lowest BCUT2D eigenvalue weighted by atomic mass is 9.88. The first-order valence-electron chi connectivity index (χ1n) is 8.03. The average molecular weight is 285 g/mol. The van der Waals surface area contributed by atoms with E-state index in [4.69, 9.17) is 10.8 Å². The van der Waals surface area contributed by atoms with Crippen molar-refractivity contribution in [3.05, 3.63) is 53.4 Å². The summed E-state index contributed by atoms with van der Waals surface area (Å²) in [5, 5.41) is 4.81. The topological polar surface area (TPSA) is 43.8 Å². The predicted octanol–water partition coefficient (Wildman–Crippen LogP) is 3.87. The van der Waals surface area contributed by atoms with E-state index >= 15 is 0 Å². The van der Waals surface area contributed by atoms with E-state index in [0.29, 0.717) is 12.5 Å². The molecule has 1 aliphatic rings. The Morgan fingerprint density at radius 3 is 2.95 bits per heavy atom. The highest BCUT2D eigenvalue weighted by Gasteiger charge is 2.19. The van der Waals surface area contributed by atoms with E-state index in [9.17, 15) is 0 Å². The molecule has 0 saturated heterocycles. The summed E-state index contributed by atoms with van der Waals surface area (Å²) in [5.41, 5.74) is 9.54. The van der Waals surface area contributed by atoms with Crippen LogP contribution in [-0.4, -0.2) is 16.3 Å². The fraction of sp³-hybridized carbons (Fsp3) is 0.500. The summed E-state index contributed by atoms with van der Waals surface area (Å²) in [6.07, 6.45) is 15.5. The highest BCUT2D eigenvalue weighted by Crippen LogP contribution is 2.32. The summed E-state index contributed by atoms with van der Waals surface area (Å²) >= 11 is 0. The van der Waals surface area contributed by atoms with Crippen molar-refractivity contribution in [2.24, 2.45) is 5.73 Å². The largest absolute Gasteiger partial charge is 0.329 e. The zero-order chi connectivity index (χ0) is 15.1. The van der Waals surface area contributed by atoms with Gasteiger partial charge in [0.1, 0.15) is 0 Å². The number of nitrogens with two attached hydrogens (primary N) is 1. The van der Waals surface area contributed by atoms with E-state index in [1.165, 1.54) is 36.2 Å². The van der Waals surface area contributed by atoms with Crippen LogP contribution in [-0.2, 0) is 6.54 Å². The molecule has 3 nitrogen and oxygen atoms in total. The highest BCUT2D eigenvalue weighted by atomic mass is 15.3. The first-order chi connectivity index (χ1) is 10.3. The maximum atomic E-state index is 5.67. The van der Waals surface area contributed by atoms with Gasteiger partial charge in [-0.2, -0.15) is 5.10 Å². The van der Waals surface area contributed by atoms with Gasteiger partial charge in [-0.3, -0.25) is 4.68 Å². The number of hydrogen-bond donors (Lipinski definition) is 1. The zero-order valence-corrected chi connectivity index (χ0v) is 13.3. The van der Waals surface area contributed by atoms with Gasteiger partial charge in [0, 0.05) is 18.2 Å². The van der Waals surface area contributed by atoms with Gasteiger partial charge in [-0.05, 0) is 25.8 Å². The Hall–Kier alpha value is -1.61.